The fraction of sp³-hybridized carbons (Fsp3) is 0.875. The molecule has 224 valence electrons. The molecule has 0 aliphatic heterocycles. The molecule has 0 aromatic heterocycles. The van der Waals surface area contributed by atoms with Gasteiger partial charge in [0.15, 0.2) is 0 Å². The predicted octanol–water partition coefficient (Wildman–Crippen LogP) is 5.20. The van der Waals surface area contributed by atoms with E-state index in [1.165, 1.54) is 0 Å². The molecule has 4 atom stereocenters. The van der Waals surface area contributed by atoms with Crippen LogP contribution in [0.1, 0.15) is 109 Å². The van der Waals surface area contributed by atoms with E-state index in [0.717, 1.165) is 12.8 Å². The van der Waals surface area contributed by atoms with E-state index in [-0.39, 0.29) is 26.4 Å². The monoisotopic (exact) mass is 540 g/mol. The van der Waals surface area contributed by atoms with Crippen molar-refractivity contribution in [1.29, 1.82) is 0 Å². The second kappa shape index (κ2) is 18.3. The number of hydrogen-bond acceptors (Lipinski definition) is 6. The number of aliphatic hydroxyl groups is 4. The third kappa shape index (κ3) is 21.8. The van der Waals surface area contributed by atoms with Crippen LogP contribution in [0.2, 0.25) is 0 Å². The van der Waals surface area contributed by atoms with Gasteiger partial charge in [0.1, 0.15) is 22.4 Å². The largest absolute Gasteiger partial charge is 0.394 e. The Morgan fingerprint density at radius 1 is 0.500 bits per heavy atom. The molecule has 6 nitrogen and oxygen atoms in total. The zero-order chi connectivity index (χ0) is 30.2. The lowest BCUT2D eigenvalue weighted by Crippen LogP contribution is -2.34. The summed E-state index contributed by atoms with van der Waals surface area (Å²) < 4.78 is 11.5. The molecule has 6 heteroatoms. The van der Waals surface area contributed by atoms with Gasteiger partial charge in [-0.1, -0.05) is 79.1 Å². The molecule has 0 bridgehead atoms. The molecule has 0 aliphatic carbocycles. The summed E-state index contributed by atoms with van der Waals surface area (Å²) >= 11 is 0. The summed E-state index contributed by atoms with van der Waals surface area (Å²) in [5, 5.41) is 38.0. The topological polar surface area (TPSA) is 99.4 Å². The summed E-state index contributed by atoms with van der Waals surface area (Å²) in [6.07, 6.45) is 2.82. The molecule has 0 amide bonds. The van der Waals surface area contributed by atoms with E-state index < -0.39 is 22.4 Å². The molecule has 4 N–H and O–H groups in total. The Labute approximate surface area is 234 Å². The molecule has 0 rings (SSSR count). The van der Waals surface area contributed by atoms with Gasteiger partial charge >= 0.3 is 0 Å². The van der Waals surface area contributed by atoms with Gasteiger partial charge < -0.3 is 29.9 Å². The van der Waals surface area contributed by atoms with Gasteiger partial charge in [-0.15, -0.1) is 0 Å². The van der Waals surface area contributed by atoms with Gasteiger partial charge in [-0.25, -0.2) is 0 Å². The van der Waals surface area contributed by atoms with Gasteiger partial charge in [0.25, 0.3) is 0 Å². The Kier molecular flexibility index (Phi) is 18.8. The number of hydrogen-bond donors (Lipinski definition) is 4. The lowest BCUT2D eigenvalue weighted by Gasteiger charge is -2.29. The lowest BCUT2D eigenvalue weighted by molar-refractivity contribution is -0.0255. The van der Waals surface area contributed by atoms with Crippen LogP contribution >= 0.6 is 0 Å². The first-order chi connectivity index (χ1) is 17.2. The molecule has 0 saturated carbocycles. The molecule has 0 saturated heterocycles. The third-order valence-corrected chi connectivity index (χ3v) is 5.42. The first-order valence-electron chi connectivity index (χ1n) is 14.2. The van der Waals surface area contributed by atoms with Crippen LogP contribution in [-0.4, -0.2) is 69.3 Å². The second-order valence-electron chi connectivity index (χ2n) is 13.0. The van der Waals surface area contributed by atoms with Crippen LogP contribution in [0.4, 0.5) is 0 Å². The highest BCUT2D eigenvalue weighted by Gasteiger charge is 2.28. The van der Waals surface area contributed by atoms with Gasteiger partial charge in [0.2, 0.25) is 0 Å². The Bertz CT molecular complexity index is 689. The first kappa shape index (κ1) is 39.0. The number of rotatable bonds is 14. The van der Waals surface area contributed by atoms with E-state index in [4.69, 9.17) is 19.7 Å². The van der Waals surface area contributed by atoms with Crippen LogP contribution in [0, 0.1) is 47.4 Å². The molecule has 0 heterocycles. The normalized spacial score (nSPS) is 17.8. The van der Waals surface area contributed by atoms with Crippen molar-refractivity contribution in [2.24, 2.45) is 23.7 Å². The second-order valence-corrected chi connectivity index (χ2v) is 13.0. The highest BCUT2D eigenvalue weighted by molar-refractivity contribution is 5.21. The molecule has 0 aromatic carbocycles. The van der Waals surface area contributed by atoms with E-state index in [1.54, 1.807) is 13.8 Å². The average Bonchev–Trinajstić information content (AvgIpc) is 2.72. The maximum absolute atomic E-state index is 10.00. The molecule has 0 radical (unpaired) electrons. The highest BCUT2D eigenvalue weighted by Crippen LogP contribution is 2.24. The van der Waals surface area contributed by atoms with Crippen molar-refractivity contribution in [3.05, 3.63) is 0 Å². The van der Waals surface area contributed by atoms with Crippen molar-refractivity contribution in [3.63, 3.8) is 0 Å². The fourth-order valence-corrected chi connectivity index (χ4v) is 4.62. The van der Waals surface area contributed by atoms with Gasteiger partial charge in [-0.3, -0.25) is 0 Å². The van der Waals surface area contributed by atoms with E-state index in [0.29, 0.717) is 36.5 Å². The summed E-state index contributed by atoms with van der Waals surface area (Å²) in [7, 11) is 0. The minimum absolute atomic E-state index is 0.0142. The summed E-state index contributed by atoms with van der Waals surface area (Å²) in [5.74, 6) is 13.7. The van der Waals surface area contributed by atoms with Crippen molar-refractivity contribution < 1.29 is 29.9 Å². The lowest BCUT2D eigenvalue weighted by atomic mass is 9.90. The molecular weight excluding hydrogens is 480 g/mol. The van der Waals surface area contributed by atoms with Gasteiger partial charge in [0, 0.05) is 0 Å². The molecule has 0 aliphatic rings. The molecule has 4 unspecified atom stereocenters. The zero-order valence-electron chi connectivity index (χ0n) is 26.6. The first-order valence-corrected chi connectivity index (χ1v) is 14.2. The standard InChI is InChI=1S/C18H34O4.C14H26O2/c1-15(2)13-17(5,21-11-9-19)7-8-18(6,14-16(3)4)22-12-10-20;1-11(2)9-13(5,15)7-8-14(6,16)10-12(3)4/h15-16,19-20H,9-14H2,1-6H3;11-12,15-16H,9-10H2,1-6H3. The Balaban J connectivity index is 0. The van der Waals surface area contributed by atoms with E-state index in [1.807, 2.05) is 41.5 Å². The van der Waals surface area contributed by atoms with Crippen molar-refractivity contribution >= 4 is 0 Å². The number of aliphatic hydroxyl groups excluding tert-OH is 2. The number of ether oxygens (including phenoxy) is 2. The van der Waals surface area contributed by atoms with Crippen LogP contribution in [0.25, 0.3) is 0 Å². The third-order valence-electron chi connectivity index (χ3n) is 5.42. The van der Waals surface area contributed by atoms with Crippen molar-refractivity contribution in [3.8, 4) is 23.7 Å². The van der Waals surface area contributed by atoms with Crippen LogP contribution in [0.5, 0.6) is 0 Å². The minimum atomic E-state index is -1.00. The Morgan fingerprint density at radius 3 is 0.974 bits per heavy atom. The van der Waals surface area contributed by atoms with Crippen LogP contribution in [-0.2, 0) is 9.47 Å². The highest BCUT2D eigenvalue weighted by atomic mass is 16.5. The summed E-state index contributed by atoms with van der Waals surface area (Å²) in [5.41, 5.74) is -3.21. The summed E-state index contributed by atoms with van der Waals surface area (Å²) in [4.78, 5) is 0. The molecule has 0 fully saturated rings. The smallest absolute Gasteiger partial charge is 0.126 e. The SMILES string of the molecule is CC(C)CC(C)(C#CC(C)(CC(C)C)OCCO)OCCO.CC(C)CC(C)(O)C#CC(C)(O)CC(C)C. The molecule has 0 spiro atoms. The van der Waals surface area contributed by atoms with Gasteiger partial charge in [0.05, 0.1) is 26.4 Å². The molecule has 0 aromatic rings. The predicted molar refractivity (Wildman–Crippen MR) is 158 cm³/mol. The zero-order valence-corrected chi connectivity index (χ0v) is 26.6. The Morgan fingerprint density at radius 2 is 0.763 bits per heavy atom. The van der Waals surface area contributed by atoms with E-state index in [9.17, 15) is 10.2 Å². The average molecular weight is 541 g/mol. The van der Waals surface area contributed by atoms with Gasteiger partial charge in [-0.05, 0) is 77.0 Å². The minimum Gasteiger partial charge on any atom is -0.394 e. The molecular formula is C32H60O6. The van der Waals surface area contributed by atoms with Crippen LogP contribution in [0.3, 0.4) is 0 Å². The quantitative estimate of drug-likeness (QED) is 0.226. The fourth-order valence-electron chi connectivity index (χ4n) is 4.62. The van der Waals surface area contributed by atoms with E-state index in [2.05, 4.69) is 51.4 Å². The maximum Gasteiger partial charge on any atom is 0.126 e. The molecule has 38 heavy (non-hydrogen) atoms. The van der Waals surface area contributed by atoms with Crippen LogP contribution < -0.4 is 0 Å². The Hall–Kier alpha value is -1.12. The van der Waals surface area contributed by atoms with Gasteiger partial charge in [-0.2, -0.15) is 0 Å². The summed E-state index contributed by atoms with van der Waals surface area (Å²) in [6, 6.07) is 0. The van der Waals surface area contributed by atoms with Crippen molar-refractivity contribution in [2.75, 3.05) is 26.4 Å². The maximum atomic E-state index is 10.00. The van der Waals surface area contributed by atoms with E-state index >= 15 is 0 Å². The summed E-state index contributed by atoms with van der Waals surface area (Å²) in [6.45, 7) is 24.5. The van der Waals surface area contributed by atoms with Crippen LogP contribution in [0.15, 0.2) is 0 Å². The van der Waals surface area contributed by atoms with Crippen molar-refractivity contribution in [1.82, 2.24) is 0 Å². The van der Waals surface area contributed by atoms with Crippen molar-refractivity contribution in [2.45, 2.75) is 131 Å².